The van der Waals surface area contributed by atoms with E-state index in [1.165, 1.54) is 14.1 Å². The average molecular weight is 359 g/mol. The van der Waals surface area contributed by atoms with Crippen LogP contribution in [-0.4, -0.2) is 60.0 Å². The number of hydrogen-bond donors (Lipinski definition) is 2. The first-order valence-corrected chi connectivity index (χ1v) is 8.89. The van der Waals surface area contributed by atoms with Crippen LogP contribution in [0.4, 0.5) is 0 Å². The van der Waals surface area contributed by atoms with Crippen LogP contribution < -0.4 is 19.5 Å². The second-order valence-electron chi connectivity index (χ2n) is 5.22. The minimum Gasteiger partial charge on any atom is -0.493 e. The molecule has 0 atom stereocenters. The highest BCUT2D eigenvalue weighted by Gasteiger charge is 2.12. The monoisotopic (exact) mass is 359 g/mol. The minimum absolute atomic E-state index is 0.141. The van der Waals surface area contributed by atoms with Crippen molar-refractivity contribution in [1.29, 1.82) is 0 Å². The van der Waals surface area contributed by atoms with Crippen molar-refractivity contribution in [2.24, 2.45) is 0 Å². The third kappa shape index (κ3) is 6.34. The first kappa shape index (κ1) is 20.2. The molecule has 0 aliphatic carbocycles. The molecule has 0 unspecified atom stereocenters. The van der Waals surface area contributed by atoms with E-state index < -0.39 is 10.2 Å². The topological polar surface area (TPSA) is 97.0 Å². The smallest absolute Gasteiger partial charge is 0.278 e. The molecule has 0 heterocycles. The van der Waals surface area contributed by atoms with Crippen LogP contribution in [0.1, 0.15) is 12.0 Å². The van der Waals surface area contributed by atoms with Crippen LogP contribution in [-0.2, 0) is 21.4 Å². The summed E-state index contributed by atoms with van der Waals surface area (Å²) in [4.78, 5) is 11.8. The molecule has 0 fully saturated rings. The van der Waals surface area contributed by atoms with Crippen LogP contribution in [0.15, 0.2) is 18.2 Å². The summed E-state index contributed by atoms with van der Waals surface area (Å²) in [6.45, 7) is 0.375. The number of hydrogen-bond acceptors (Lipinski definition) is 5. The van der Waals surface area contributed by atoms with Crippen molar-refractivity contribution in [3.63, 3.8) is 0 Å². The van der Waals surface area contributed by atoms with E-state index in [-0.39, 0.29) is 19.0 Å². The van der Waals surface area contributed by atoms with Crippen molar-refractivity contribution >= 4 is 16.1 Å². The molecule has 2 N–H and O–H groups in total. The summed E-state index contributed by atoms with van der Waals surface area (Å²) in [6, 6.07) is 5.50. The highest BCUT2D eigenvalue weighted by atomic mass is 32.2. The molecular formula is C15H25N3O5S. The molecule has 1 rings (SSSR count). The number of methoxy groups -OCH3 is 2. The highest BCUT2D eigenvalue weighted by molar-refractivity contribution is 7.87. The van der Waals surface area contributed by atoms with Gasteiger partial charge >= 0.3 is 0 Å². The quantitative estimate of drug-likeness (QED) is 0.580. The minimum atomic E-state index is -3.46. The van der Waals surface area contributed by atoms with Crippen molar-refractivity contribution in [3.05, 3.63) is 23.8 Å². The molecule has 1 aromatic carbocycles. The Morgan fingerprint density at radius 3 is 2.38 bits per heavy atom. The van der Waals surface area contributed by atoms with Gasteiger partial charge in [-0.25, -0.2) is 4.72 Å². The van der Waals surface area contributed by atoms with Gasteiger partial charge < -0.3 is 14.8 Å². The average Bonchev–Trinajstić information content (AvgIpc) is 2.56. The van der Waals surface area contributed by atoms with Gasteiger partial charge in [-0.3, -0.25) is 4.79 Å². The first-order chi connectivity index (χ1) is 11.3. The summed E-state index contributed by atoms with van der Waals surface area (Å²) in [5.74, 6) is 1.11. The molecule has 9 heteroatoms. The predicted octanol–water partition coefficient (Wildman–Crippen LogP) is 0.149. The van der Waals surface area contributed by atoms with Gasteiger partial charge in [0.2, 0.25) is 5.91 Å². The Morgan fingerprint density at radius 2 is 1.79 bits per heavy atom. The normalized spacial score (nSPS) is 11.4. The Bertz CT molecular complexity index is 647. The van der Waals surface area contributed by atoms with Crippen molar-refractivity contribution in [2.45, 2.75) is 12.8 Å². The summed E-state index contributed by atoms with van der Waals surface area (Å²) >= 11 is 0. The zero-order valence-corrected chi connectivity index (χ0v) is 15.3. The molecule has 0 saturated carbocycles. The summed E-state index contributed by atoms with van der Waals surface area (Å²) in [7, 11) is 2.53. The summed E-state index contributed by atoms with van der Waals surface area (Å²) in [5, 5.41) is 2.68. The molecule has 1 aromatic rings. The lowest BCUT2D eigenvalue weighted by atomic mass is 10.1. The van der Waals surface area contributed by atoms with Crippen LogP contribution >= 0.6 is 0 Å². The zero-order chi connectivity index (χ0) is 18.2. The molecule has 0 radical (unpaired) electrons. The summed E-state index contributed by atoms with van der Waals surface area (Å²) in [6.07, 6.45) is 0.853. The van der Waals surface area contributed by atoms with Gasteiger partial charge in [0, 0.05) is 33.6 Å². The van der Waals surface area contributed by atoms with Crippen molar-refractivity contribution in [2.75, 3.05) is 41.4 Å². The predicted molar refractivity (Wildman–Crippen MR) is 91.5 cm³/mol. The number of amides is 1. The number of ether oxygens (including phenoxy) is 2. The maximum absolute atomic E-state index is 11.8. The molecule has 0 bridgehead atoms. The van der Waals surface area contributed by atoms with Crippen LogP contribution in [0.25, 0.3) is 0 Å². The van der Waals surface area contributed by atoms with Crippen molar-refractivity contribution in [1.82, 2.24) is 14.3 Å². The fourth-order valence-electron chi connectivity index (χ4n) is 1.89. The van der Waals surface area contributed by atoms with Crippen LogP contribution in [0, 0.1) is 0 Å². The van der Waals surface area contributed by atoms with Gasteiger partial charge in [-0.15, -0.1) is 0 Å². The lowest BCUT2D eigenvalue weighted by molar-refractivity contribution is -0.121. The Kier molecular flexibility index (Phi) is 7.96. The van der Waals surface area contributed by atoms with Gasteiger partial charge in [-0.05, 0) is 24.1 Å². The fourth-order valence-corrected chi connectivity index (χ4v) is 2.51. The molecule has 0 aliphatic heterocycles. The number of nitrogens with one attached hydrogen (secondary N) is 2. The molecule has 136 valence electrons. The number of benzene rings is 1. The van der Waals surface area contributed by atoms with Gasteiger partial charge in [0.1, 0.15) is 0 Å². The molecule has 0 aromatic heterocycles. The van der Waals surface area contributed by atoms with Crippen molar-refractivity contribution < 1.29 is 22.7 Å². The molecule has 0 aliphatic rings. The van der Waals surface area contributed by atoms with E-state index in [0.29, 0.717) is 24.3 Å². The van der Waals surface area contributed by atoms with Gasteiger partial charge in [0.05, 0.1) is 14.2 Å². The third-order valence-electron chi connectivity index (χ3n) is 3.30. The fraction of sp³-hybridized carbons (Fsp3) is 0.533. The number of nitrogens with zero attached hydrogens (tertiary/aromatic N) is 1. The SMILES string of the molecule is COc1ccc(CCC(=O)NCCNS(=O)(=O)N(C)C)cc1OC. The van der Waals surface area contributed by atoms with Crippen LogP contribution in [0.3, 0.4) is 0 Å². The number of aryl methyl sites for hydroxylation is 1. The highest BCUT2D eigenvalue weighted by Crippen LogP contribution is 2.27. The standard InChI is InChI=1S/C15H25N3O5S/c1-18(2)24(20,21)17-10-9-16-15(19)8-6-12-5-7-13(22-3)14(11-12)23-4/h5,7,11,17H,6,8-10H2,1-4H3,(H,16,19). The third-order valence-corrected chi connectivity index (χ3v) is 4.83. The Labute approximate surface area is 143 Å². The lowest BCUT2D eigenvalue weighted by Gasteiger charge is -2.12. The maximum Gasteiger partial charge on any atom is 0.278 e. The number of carbonyl (C=O) groups excluding carboxylic acids is 1. The van der Waals surface area contributed by atoms with E-state index in [4.69, 9.17) is 9.47 Å². The van der Waals surface area contributed by atoms with Gasteiger partial charge in [0.25, 0.3) is 10.2 Å². The van der Waals surface area contributed by atoms with Crippen molar-refractivity contribution in [3.8, 4) is 11.5 Å². The lowest BCUT2D eigenvalue weighted by Crippen LogP contribution is -2.40. The largest absolute Gasteiger partial charge is 0.493 e. The Balaban J connectivity index is 2.37. The number of rotatable bonds is 10. The molecule has 8 nitrogen and oxygen atoms in total. The van der Waals surface area contributed by atoms with Crippen LogP contribution in [0.5, 0.6) is 11.5 Å². The molecule has 24 heavy (non-hydrogen) atoms. The van der Waals surface area contributed by atoms with E-state index >= 15 is 0 Å². The molecule has 0 spiro atoms. The zero-order valence-electron chi connectivity index (χ0n) is 14.5. The van der Waals surface area contributed by atoms with E-state index in [1.807, 2.05) is 12.1 Å². The van der Waals surface area contributed by atoms with Crippen LogP contribution in [0.2, 0.25) is 0 Å². The Morgan fingerprint density at radius 1 is 1.12 bits per heavy atom. The van der Waals surface area contributed by atoms with E-state index in [2.05, 4.69) is 10.0 Å². The van der Waals surface area contributed by atoms with Gasteiger partial charge in [-0.1, -0.05) is 6.07 Å². The van der Waals surface area contributed by atoms with Gasteiger partial charge in [-0.2, -0.15) is 12.7 Å². The first-order valence-electron chi connectivity index (χ1n) is 7.45. The number of carbonyl (C=O) groups is 1. The molecule has 1 amide bonds. The Hall–Kier alpha value is -1.84. The second-order valence-corrected chi connectivity index (χ2v) is 7.19. The van der Waals surface area contributed by atoms with E-state index in [9.17, 15) is 13.2 Å². The second kappa shape index (κ2) is 9.45. The molecule has 0 saturated heterocycles. The maximum atomic E-state index is 11.8. The molecular weight excluding hydrogens is 334 g/mol. The summed E-state index contributed by atoms with van der Waals surface area (Å²) < 4.78 is 36.8. The van der Waals surface area contributed by atoms with E-state index in [0.717, 1.165) is 9.87 Å². The van der Waals surface area contributed by atoms with Gasteiger partial charge in [0.15, 0.2) is 11.5 Å². The summed E-state index contributed by atoms with van der Waals surface area (Å²) in [5.41, 5.74) is 0.955. The van der Waals surface area contributed by atoms with E-state index in [1.54, 1.807) is 20.3 Å².